The average molecular weight is 200 g/mol. The van der Waals surface area contributed by atoms with Crippen LogP contribution >= 0.6 is 9.47 Å². The summed E-state index contributed by atoms with van der Waals surface area (Å²) in [7, 11) is 0.680. The average Bonchev–Trinajstić information content (AvgIpc) is 2.12. The van der Waals surface area contributed by atoms with Crippen LogP contribution in [0, 0.1) is 0 Å². The molecule has 2 N–H and O–H groups in total. The Labute approximate surface area is 81.2 Å². The highest BCUT2D eigenvalue weighted by atomic mass is 31.0. The lowest BCUT2D eigenvalue weighted by Crippen LogP contribution is -2.13. The second-order valence-corrected chi connectivity index (χ2v) is 2.54. The first-order valence-electron chi connectivity index (χ1n) is 3.89. The molecular weight excluding hydrogens is 186 g/mol. The monoisotopic (exact) mass is 200 g/mol. The molecule has 3 nitrogen and oxygen atoms in total. The van der Waals surface area contributed by atoms with Crippen molar-refractivity contribution >= 4 is 16.6 Å². The Kier molecular flexibility index (Phi) is 6.60. The SMILES string of the molecule is C\C=C(/C=C\C(=C/C)OP)B(O)O. The van der Waals surface area contributed by atoms with Gasteiger partial charge < -0.3 is 14.6 Å². The van der Waals surface area contributed by atoms with Crippen molar-refractivity contribution in [2.45, 2.75) is 13.8 Å². The van der Waals surface area contributed by atoms with E-state index in [4.69, 9.17) is 14.6 Å². The van der Waals surface area contributed by atoms with E-state index in [1.54, 1.807) is 31.2 Å². The Hall–Kier alpha value is -0.565. The summed E-state index contributed by atoms with van der Waals surface area (Å²) in [6.45, 7) is 3.56. The number of allylic oxidation sites excluding steroid dienone is 5. The van der Waals surface area contributed by atoms with Gasteiger partial charge in [0.2, 0.25) is 0 Å². The predicted octanol–water partition coefficient (Wildman–Crippen LogP) is 1.21. The Balaban J connectivity index is 4.40. The highest BCUT2D eigenvalue weighted by Gasteiger charge is 2.09. The van der Waals surface area contributed by atoms with Gasteiger partial charge in [-0.15, -0.1) is 0 Å². The van der Waals surface area contributed by atoms with Gasteiger partial charge in [-0.05, 0) is 31.5 Å². The third-order valence-electron chi connectivity index (χ3n) is 1.49. The first-order chi connectivity index (χ1) is 6.15. The topological polar surface area (TPSA) is 49.7 Å². The van der Waals surface area contributed by atoms with Crippen molar-refractivity contribution in [2.75, 3.05) is 0 Å². The molecule has 0 saturated carbocycles. The van der Waals surface area contributed by atoms with Crippen molar-refractivity contribution in [3.8, 4) is 0 Å². The molecule has 1 unspecified atom stereocenters. The summed E-state index contributed by atoms with van der Waals surface area (Å²) in [6.07, 6.45) is 6.63. The van der Waals surface area contributed by atoms with Gasteiger partial charge in [0, 0.05) is 0 Å². The van der Waals surface area contributed by atoms with E-state index in [0.717, 1.165) is 0 Å². The van der Waals surface area contributed by atoms with E-state index in [9.17, 15) is 0 Å². The van der Waals surface area contributed by atoms with Gasteiger partial charge in [0.25, 0.3) is 0 Å². The standard InChI is InChI=1S/C8H14BO3P/c1-3-7(9(10)11)5-6-8(4-2)12-13/h3-6,10-11H,13H2,1-2H3/b6-5-,7-3+,8-4+. The van der Waals surface area contributed by atoms with Crippen LogP contribution in [0.25, 0.3) is 0 Å². The van der Waals surface area contributed by atoms with E-state index < -0.39 is 7.12 Å². The maximum atomic E-state index is 8.84. The summed E-state index contributed by atoms with van der Waals surface area (Å²) < 4.78 is 4.87. The molecule has 0 aromatic rings. The second-order valence-electron chi connectivity index (χ2n) is 2.30. The van der Waals surface area contributed by atoms with E-state index >= 15 is 0 Å². The lowest BCUT2D eigenvalue weighted by molar-refractivity contribution is 0.420. The molecule has 0 aliphatic carbocycles. The molecule has 0 saturated heterocycles. The van der Waals surface area contributed by atoms with Crippen molar-refractivity contribution in [1.29, 1.82) is 0 Å². The minimum absolute atomic E-state index is 0.432. The van der Waals surface area contributed by atoms with E-state index in [1.165, 1.54) is 0 Å². The van der Waals surface area contributed by atoms with Crippen LogP contribution in [0.1, 0.15) is 13.8 Å². The number of hydrogen-bond acceptors (Lipinski definition) is 3. The minimum atomic E-state index is -1.44. The zero-order valence-corrected chi connectivity index (χ0v) is 8.92. The van der Waals surface area contributed by atoms with Crippen LogP contribution in [-0.2, 0) is 4.52 Å². The molecule has 0 spiro atoms. The van der Waals surface area contributed by atoms with Gasteiger partial charge in [0.05, 0.1) is 9.47 Å². The second kappa shape index (κ2) is 6.90. The summed E-state index contributed by atoms with van der Waals surface area (Å²) in [6, 6.07) is 0. The smallest absolute Gasteiger partial charge is 0.481 e. The number of rotatable bonds is 4. The van der Waals surface area contributed by atoms with Gasteiger partial charge in [-0.2, -0.15) is 0 Å². The number of hydrogen-bond donors (Lipinski definition) is 2. The molecule has 0 heterocycles. The van der Waals surface area contributed by atoms with Crippen LogP contribution in [0.5, 0.6) is 0 Å². The first kappa shape index (κ1) is 12.4. The fourth-order valence-corrected chi connectivity index (χ4v) is 0.928. The Bertz CT molecular complexity index is 234. The van der Waals surface area contributed by atoms with Crippen LogP contribution in [0.15, 0.2) is 35.5 Å². The zero-order chi connectivity index (χ0) is 10.3. The highest BCUT2D eigenvalue weighted by Crippen LogP contribution is 2.07. The quantitative estimate of drug-likeness (QED) is 0.310. The molecule has 0 fully saturated rings. The molecule has 0 rings (SSSR count). The molecule has 0 bridgehead atoms. The van der Waals surface area contributed by atoms with Crippen LogP contribution in [-0.4, -0.2) is 17.2 Å². The summed E-state index contributed by atoms with van der Waals surface area (Å²) in [5.41, 5.74) is 0.432. The van der Waals surface area contributed by atoms with Crippen molar-refractivity contribution < 1.29 is 14.6 Å². The van der Waals surface area contributed by atoms with Crippen LogP contribution in [0.4, 0.5) is 0 Å². The lowest BCUT2D eigenvalue weighted by Gasteiger charge is -2.00. The highest BCUT2D eigenvalue weighted by molar-refractivity contribution is 7.10. The Morgan fingerprint density at radius 3 is 2.15 bits per heavy atom. The van der Waals surface area contributed by atoms with Crippen LogP contribution in [0.2, 0.25) is 0 Å². The van der Waals surface area contributed by atoms with E-state index in [1.807, 2.05) is 6.92 Å². The lowest BCUT2D eigenvalue weighted by atomic mass is 9.79. The fourth-order valence-electron chi connectivity index (χ4n) is 0.713. The summed E-state index contributed by atoms with van der Waals surface area (Å²) in [5.74, 6) is 0.644. The maximum Gasteiger partial charge on any atom is 0.488 e. The summed E-state index contributed by atoms with van der Waals surface area (Å²) in [5, 5.41) is 17.7. The van der Waals surface area contributed by atoms with Crippen LogP contribution in [0.3, 0.4) is 0 Å². The largest absolute Gasteiger partial charge is 0.488 e. The van der Waals surface area contributed by atoms with Crippen molar-refractivity contribution in [3.63, 3.8) is 0 Å². The van der Waals surface area contributed by atoms with Gasteiger partial charge >= 0.3 is 7.12 Å². The van der Waals surface area contributed by atoms with Gasteiger partial charge in [-0.3, -0.25) is 0 Å². The molecule has 1 atom stereocenters. The molecular formula is C8H14BO3P. The Morgan fingerprint density at radius 2 is 1.85 bits per heavy atom. The molecule has 0 aliphatic rings. The van der Waals surface area contributed by atoms with Gasteiger partial charge in [0.1, 0.15) is 5.76 Å². The molecule has 13 heavy (non-hydrogen) atoms. The maximum absolute atomic E-state index is 8.84. The normalized spacial score (nSPS) is 13.6. The summed E-state index contributed by atoms with van der Waals surface area (Å²) in [4.78, 5) is 0. The zero-order valence-electron chi connectivity index (χ0n) is 7.77. The van der Waals surface area contributed by atoms with Gasteiger partial charge in [0.15, 0.2) is 0 Å². The molecule has 0 aromatic heterocycles. The third-order valence-corrected chi connectivity index (χ3v) is 1.76. The molecule has 5 heteroatoms. The van der Waals surface area contributed by atoms with Gasteiger partial charge in [-0.25, -0.2) is 0 Å². The van der Waals surface area contributed by atoms with Crippen molar-refractivity contribution in [1.82, 2.24) is 0 Å². The van der Waals surface area contributed by atoms with E-state index in [-0.39, 0.29) is 0 Å². The minimum Gasteiger partial charge on any atom is -0.481 e. The molecule has 0 aliphatic heterocycles. The Morgan fingerprint density at radius 1 is 1.23 bits per heavy atom. The van der Waals surface area contributed by atoms with E-state index in [2.05, 4.69) is 9.47 Å². The van der Waals surface area contributed by atoms with Gasteiger partial charge in [-0.1, -0.05) is 12.2 Å². The predicted molar refractivity (Wildman–Crippen MR) is 57.6 cm³/mol. The van der Waals surface area contributed by atoms with Crippen molar-refractivity contribution in [2.24, 2.45) is 0 Å². The molecule has 0 amide bonds. The molecule has 0 aromatic carbocycles. The molecule has 72 valence electrons. The summed E-state index contributed by atoms with van der Waals surface area (Å²) >= 11 is 0. The van der Waals surface area contributed by atoms with Crippen LogP contribution < -0.4 is 0 Å². The first-order valence-corrected chi connectivity index (χ1v) is 4.36. The third kappa shape index (κ3) is 4.89. The van der Waals surface area contributed by atoms with E-state index in [0.29, 0.717) is 11.2 Å². The fraction of sp³-hybridized carbons (Fsp3) is 0.250. The van der Waals surface area contributed by atoms with Crippen molar-refractivity contribution in [3.05, 3.63) is 35.5 Å². The molecule has 0 radical (unpaired) electrons.